The monoisotopic (exact) mass is 276 g/mol. The summed E-state index contributed by atoms with van der Waals surface area (Å²) >= 11 is 1.09. The molecule has 0 radical (unpaired) electrons. The Morgan fingerprint density at radius 3 is 2.95 bits per heavy atom. The molecule has 4 nitrogen and oxygen atoms in total. The maximum Gasteiger partial charge on any atom is 0.346 e. The highest BCUT2D eigenvalue weighted by Gasteiger charge is 2.20. The molecule has 0 aliphatic heterocycles. The topological polar surface area (TPSA) is 55.1 Å². The van der Waals surface area contributed by atoms with Gasteiger partial charge in [0.05, 0.1) is 6.54 Å². The van der Waals surface area contributed by atoms with Gasteiger partial charge in [0.1, 0.15) is 10.7 Å². The number of hydrogen-bond donors (Lipinski definition) is 1. The lowest BCUT2D eigenvalue weighted by atomic mass is 10.1. The van der Waals surface area contributed by atoms with Crippen LogP contribution >= 0.6 is 11.3 Å². The van der Waals surface area contributed by atoms with Crippen LogP contribution in [0.3, 0.4) is 0 Å². The van der Waals surface area contributed by atoms with E-state index in [1.54, 1.807) is 35.3 Å². The van der Waals surface area contributed by atoms with Crippen LogP contribution in [0, 0.1) is 5.82 Å². The molecule has 0 amide bonds. The van der Waals surface area contributed by atoms with Crippen molar-refractivity contribution in [3.05, 3.63) is 52.9 Å². The number of carboxylic acids is 1. The summed E-state index contributed by atoms with van der Waals surface area (Å²) in [4.78, 5) is 11.5. The summed E-state index contributed by atoms with van der Waals surface area (Å²) in [6, 6.07) is 6.39. The molecule has 0 bridgehead atoms. The molecule has 2 heterocycles. The van der Waals surface area contributed by atoms with Crippen LogP contribution in [0.1, 0.15) is 15.2 Å². The van der Waals surface area contributed by atoms with Gasteiger partial charge in [-0.05, 0) is 18.2 Å². The van der Waals surface area contributed by atoms with Crippen LogP contribution < -0.4 is 0 Å². The Hall–Kier alpha value is -2.21. The number of benzene rings is 1. The minimum atomic E-state index is -1.04. The van der Waals surface area contributed by atoms with Gasteiger partial charge in [-0.25, -0.2) is 9.18 Å². The van der Waals surface area contributed by atoms with Gasteiger partial charge in [-0.2, -0.15) is 5.10 Å². The van der Waals surface area contributed by atoms with Crippen LogP contribution in [0.5, 0.6) is 0 Å². The molecule has 0 unspecified atom stereocenters. The van der Waals surface area contributed by atoms with Gasteiger partial charge >= 0.3 is 5.97 Å². The first-order valence-electron chi connectivity index (χ1n) is 5.57. The Morgan fingerprint density at radius 2 is 2.26 bits per heavy atom. The highest BCUT2D eigenvalue weighted by atomic mass is 32.1. The van der Waals surface area contributed by atoms with Crippen LogP contribution in [0.15, 0.2) is 36.7 Å². The van der Waals surface area contributed by atoms with Gasteiger partial charge in [0.15, 0.2) is 0 Å². The highest BCUT2D eigenvalue weighted by Crippen LogP contribution is 2.33. The SMILES string of the molecule is O=C(O)c1sc2cccc(F)c2c1Cn1cccn1. The zero-order chi connectivity index (χ0) is 13.4. The zero-order valence-electron chi connectivity index (χ0n) is 9.71. The van der Waals surface area contributed by atoms with E-state index < -0.39 is 11.8 Å². The Balaban J connectivity index is 2.24. The van der Waals surface area contributed by atoms with E-state index in [9.17, 15) is 14.3 Å². The molecule has 6 heteroatoms. The standard InChI is InChI=1S/C13H9FN2O2S/c14-9-3-1-4-10-11(9)8(12(19-10)13(17)18)7-16-6-2-5-15-16/h1-6H,7H2,(H,17,18). The smallest absolute Gasteiger partial charge is 0.346 e. The van der Waals surface area contributed by atoms with E-state index in [-0.39, 0.29) is 11.4 Å². The molecule has 3 aromatic rings. The Morgan fingerprint density at radius 1 is 1.42 bits per heavy atom. The second-order valence-corrected chi connectivity index (χ2v) is 5.08. The number of rotatable bonds is 3. The van der Waals surface area contributed by atoms with E-state index in [2.05, 4.69) is 5.10 Å². The van der Waals surface area contributed by atoms with E-state index in [4.69, 9.17) is 0 Å². The normalized spacial score (nSPS) is 11.0. The molecule has 2 aromatic heterocycles. The van der Waals surface area contributed by atoms with Crippen LogP contribution in [0.4, 0.5) is 4.39 Å². The summed E-state index contributed by atoms with van der Waals surface area (Å²) in [5.74, 6) is -1.44. The third-order valence-corrected chi connectivity index (χ3v) is 4.02. The fraction of sp³-hybridized carbons (Fsp3) is 0.0769. The largest absolute Gasteiger partial charge is 0.477 e. The van der Waals surface area contributed by atoms with E-state index in [0.29, 0.717) is 15.6 Å². The minimum Gasteiger partial charge on any atom is -0.477 e. The first kappa shape index (κ1) is 11.9. The average Bonchev–Trinajstić information content (AvgIpc) is 2.98. The minimum absolute atomic E-state index is 0.163. The van der Waals surface area contributed by atoms with Crippen molar-refractivity contribution >= 4 is 27.4 Å². The highest BCUT2D eigenvalue weighted by molar-refractivity contribution is 7.21. The zero-order valence-corrected chi connectivity index (χ0v) is 10.5. The quantitative estimate of drug-likeness (QED) is 0.800. The molecule has 0 aliphatic rings. The summed E-state index contributed by atoms with van der Waals surface area (Å²) in [6.07, 6.45) is 3.32. The number of hydrogen-bond acceptors (Lipinski definition) is 3. The van der Waals surface area contributed by atoms with Crippen molar-refractivity contribution in [3.8, 4) is 0 Å². The number of fused-ring (bicyclic) bond motifs is 1. The number of thiophene rings is 1. The van der Waals surface area contributed by atoms with Gasteiger partial charge in [0, 0.05) is 28.0 Å². The molecule has 0 saturated heterocycles. The first-order valence-corrected chi connectivity index (χ1v) is 6.39. The van der Waals surface area contributed by atoms with Crippen molar-refractivity contribution in [2.75, 3.05) is 0 Å². The van der Waals surface area contributed by atoms with E-state index in [1.165, 1.54) is 6.07 Å². The lowest BCUT2D eigenvalue weighted by Gasteiger charge is -2.03. The second-order valence-electron chi connectivity index (χ2n) is 4.03. The maximum atomic E-state index is 13.9. The molecule has 0 spiro atoms. The number of carboxylic acid groups (broad SMARTS) is 1. The lowest BCUT2D eigenvalue weighted by molar-refractivity contribution is 0.0701. The molecule has 1 N–H and O–H groups in total. The molecule has 3 rings (SSSR count). The van der Waals surface area contributed by atoms with Crippen molar-refractivity contribution in [2.45, 2.75) is 6.54 Å². The van der Waals surface area contributed by atoms with Crippen molar-refractivity contribution in [1.29, 1.82) is 0 Å². The van der Waals surface area contributed by atoms with Crippen LogP contribution in [-0.4, -0.2) is 20.9 Å². The number of aromatic carboxylic acids is 1. The Labute approximate surface area is 111 Å². The van der Waals surface area contributed by atoms with Gasteiger partial charge in [0.2, 0.25) is 0 Å². The van der Waals surface area contributed by atoms with Gasteiger partial charge in [-0.1, -0.05) is 6.07 Å². The van der Waals surface area contributed by atoms with E-state index in [1.807, 2.05) is 0 Å². The second kappa shape index (κ2) is 4.47. The van der Waals surface area contributed by atoms with Crippen molar-refractivity contribution < 1.29 is 14.3 Å². The number of carbonyl (C=O) groups is 1. The predicted molar refractivity (Wildman–Crippen MR) is 70.1 cm³/mol. The summed E-state index contributed by atoms with van der Waals surface area (Å²) < 4.78 is 16.2. The molecule has 1 aromatic carbocycles. The third kappa shape index (κ3) is 2.00. The maximum absolute atomic E-state index is 13.9. The summed E-state index contributed by atoms with van der Waals surface area (Å²) in [5.41, 5.74) is 0.467. The average molecular weight is 276 g/mol. The van der Waals surface area contributed by atoms with Gasteiger partial charge in [0.25, 0.3) is 0 Å². The van der Waals surface area contributed by atoms with Gasteiger partial charge in [-0.3, -0.25) is 4.68 Å². The Kier molecular flexibility index (Phi) is 2.79. The van der Waals surface area contributed by atoms with Crippen LogP contribution in [0.25, 0.3) is 10.1 Å². The van der Waals surface area contributed by atoms with Crippen LogP contribution in [-0.2, 0) is 6.54 Å². The molecular formula is C13H9FN2O2S. The molecule has 19 heavy (non-hydrogen) atoms. The molecule has 0 aliphatic carbocycles. The molecule has 0 fully saturated rings. The van der Waals surface area contributed by atoms with Gasteiger partial charge in [-0.15, -0.1) is 11.3 Å². The fourth-order valence-corrected chi connectivity index (χ4v) is 3.11. The molecule has 96 valence electrons. The summed E-state index contributed by atoms with van der Waals surface area (Å²) in [6.45, 7) is 0.246. The van der Waals surface area contributed by atoms with Crippen molar-refractivity contribution in [3.63, 3.8) is 0 Å². The van der Waals surface area contributed by atoms with E-state index >= 15 is 0 Å². The molecule has 0 saturated carbocycles. The van der Waals surface area contributed by atoms with E-state index in [0.717, 1.165) is 11.3 Å². The number of halogens is 1. The molecule has 0 atom stereocenters. The Bertz CT molecular complexity index is 749. The predicted octanol–water partition coefficient (Wildman–Crippen LogP) is 2.98. The van der Waals surface area contributed by atoms with Crippen molar-refractivity contribution in [1.82, 2.24) is 9.78 Å². The number of aromatic nitrogens is 2. The van der Waals surface area contributed by atoms with Gasteiger partial charge < -0.3 is 5.11 Å². The first-order chi connectivity index (χ1) is 9.16. The third-order valence-electron chi connectivity index (χ3n) is 2.84. The van der Waals surface area contributed by atoms with Crippen molar-refractivity contribution in [2.24, 2.45) is 0 Å². The molecular weight excluding hydrogens is 267 g/mol. The van der Waals surface area contributed by atoms with Crippen LogP contribution in [0.2, 0.25) is 0 Å². The number of nitrogens with zero attached hydrogens (tertiary/aromatic N) is 2. The summed E-state index contributed by atoms with van der Waals surface area (Å²) in [7, 11) is 0. The lowest BCUT2D eigenvalue weighted by Crippen LogP contribution is -2.05. The fourth-order valence-electron chi connectivity index (χ4n) is 2.05. The summed E-state index contributed by atoms with van der Waals surface area (Å²) in [5, 5.41) is 13.7.